The van der Waals surface area contributed by atoms with Gasteiger partial charge in [-0.2, -0.15) is 31.4 Å². The number of benzene rings is 2. The zero-order valence-electron chi connectivity index (χ0n) is 16.0. The van der Waals surface area contributed by atoms with Crippen LogP contribution in [0.5, 0.6) is 0 Å². The topological polar surface area (TPSA) is 78.8 Å². The molecule has 0 fully saturated rings. The second-order valence-corrected chi connectivity index (χ2v) is 8.66. The van der Waals surface area contributed by atoms with Crippen molar-refractivity contribution < 1.29 is 39.6 Å². The highest BCUT2D eigenvalue weighted by Crippen LogP contribution is 2.36. The van der Waals surface area contributed by atoms with E-state index in [4.69, 9.17) is 11.6 Å². The Balaban J connectivity index is 2.22. The fourth-order valence-electron chi connectivity index (χ4n) is 2.40. The molecule has 0 heterocycles. The van der Waals surface area contributed by atoms with E-state index in [9.17, 15) is 39.6 Å². The van der Waals surface area contributed by atoms with E-state index in [-0.39, 0.29) is 10.6 Å². The molecule has 0 bridgehead atoms. The van der Waals surface area contributed by atoms with E-state index in [1.807, 2.05) is 5.43 Å². The third-order valence-electron chi connectivity index (χ3n) is 3.85. The molecular formula is C18H14ClF6N3O3S. The second-order valence-electron chi connectivity index (χ2n) is 6.35. The highest BCUT2D eigenvalue weighted by molar-refractivity contribution is 7.92. The van der Waals surface area contributed by atoms with Gasteiger partial charge in [-0.1, -0.05) is 23.7 Å². The Bertz CT molecular complexity index is 1130. The van der Waals surface area contributed by atoms with Gasteiger partial charge >= 0.3 is 12.4 Å². The van der Waals surface area contributed by atoms with Crippen LogP contribution in [-0.2, 0) is 27.2 Å². The van der Waals surface area contributed by atoms with E-state index >= 15 is 0 Å². The standard InChI is InChI=1S/C18H14ClF6N3O3S/c1-32(30,31)28(15-8-13(18(23,24)25)5-6-14(15)19)10-16(29)27-26-9-11-3-2-4-12(7-11)17(20,21)22/h2-9H,10H2,1H3,(H,27,29)/b26-9-. The van der Waals surface area contributed by atoms with E-state index in [2.05, 4.69) is 5.10 Å². The number of nitrogens with one attached hydrogen (secondary N) is 1. The van der Waals surface area contributed by atoms with Gasteiger partial charge in [0, 0.05) is 0 Å². The molecular weight excluding hydrogens is 488 g/mol. The Morgan fingerprint density at radius 3 is 2.22 bits per heavy atom. The fourth-order valence-corrected chi connectivity index (χ4v) is 3.53. The lowest BCUT2D eigenvalue weighted by Crippen LogP contribution is -2.39. The molecule has 2 aromatic carbocycles. The Hall–Kier alpha value is -2.80. The number of hydrazone groups is 1. The van der Waals surface area contributed by atoms with Gasteiger partial charge in [-0.3, -0.25) is 9.10 Å². The molecule has 1 amide bonds. The van der Waals surface area contributed by atoms with Crippen LogP contribution >= 0.6 is 11.6 Å². The number of anilines is 1. The van der Waals surface area contributed by atoms with E-state index in [1.54, 1.807) is 0 Å². The number of nitrogens with zero attached hydrogens (tertiary/aromatic N) is 2. The first-order valence-electron chi connectivity index (χ1n) is 8.42. The maximum absolute atomic E-state index is 13.0. The van der Waals surface area contributed by atoms with Crippen molar-refractivity contribution in [2.45, 2.75) is 12.4 Å². The van der Waals surface area contributed by atoms with Crippen LogP contribution < -0.4 is 9.73 Å². The first-order valence-corrected chi connectivity index (χ1v) is 10.7. The minimum atomic E-state index is -4.79. The van der Waals surface area contributed by atoms with Crippen LogP contribution in [0.2, 0.25) is 5.02 Å². The van der Waals surface area contributed by atoms with Crippen molar-refractivity contribution in [1.82, 2.24) is 5.43 Å². The quantitative estimate of drug-likeness (QED) is 0.364. The van der Waals surface area contributed by atoms with Crippen molar-refractivity contribution in [2.24, 2.45) is 5.10 Å². The van der Waals surface area contributed by atoms with E-state index < -0.39 is 51.6 Å². The largest absolute Gasteiger partial charge is 0.416 e. The number of hydrogen-bond donors (Lipinski definition) is 1. The SMILES string of the molecule is CS(=O)(=O)N(CC(=O)N/N=C\c1cccc(C(F)(F)F)c1)c1cc(C(F)(F)F)ccc1Cl. The van der Waals surface area contributed by atoms with Gasteiger partial charge in [-0.05, 0) is 35.9 Å². The first kappa shape index (κ1) is 25.5. The lowest BCUT2D eigenvalue weighted by Gasteiger charge is -2.23. The highest BCUT2D eigenvalue weighted by atomic mass is 35.5. The van der Waals surface area contributed by atoms with Crippen LogP contribution in [0.3, 0.4) is 0 Å². The summed E-state index contributed by atoms with van der Waals surface area (Å²) < 4.78 is 102. The zero-order valence-corrected chi connectivity index (χ0v) is 17.6. The Labute approximate surface area is 183 Å². The third-order valence-corrected chi connectivity index (χ3v) is 5.29. The highest BCUT2D eigenvalue weighted by Gasteiger charge is 2.33. The van der Waals surface area contributed by atoms with Gasteiger partial charge in [0.1, 0.15) is 6.54 Å². The fraction of sp³-hybridized carbons (Fsp3) is 0.222. The van der Waals surface area contributed by atoms with Crippen molar-refractivity contribution in [2.75, 3.05) is 17.1 Å². The Kier molecular flexibility index (Phi) is 7.45. The van der Waals surface area contributed by atoms with Gasteiger partial charge in [0.25, 0.3) is 5.91 Å². The van der Waals surface area contributed by atoms with Gasteiger partial charge in [-0.15, -0.1) is 0 Å². The van der Waals surface area contributed by atoms with Crippen LogP contribution in [-0.4, -0.2) is 33.3 Å². The monoisotopic (exact) mass is 501 g/mol. The summed E-state index contributed by atoms with van der Waals surface area (Å²) in [7, 11) is -4.25. The average Bonchev–Trinajstić information content (AvgIpc) is 2.64. The van der Waals surface area contributed by atoms with Crippen molar-refractivity contribution in [3.63, 3.8) is 0 Å². The third kappa shape index (κ3) is 6.85. The normalized spacial score (nSPS) is 12.8. The molecule has 32 heavy (non-hydrogen) atoms. The summed E-state index contributed by atoms with van der Waals surface area (Å²) in [5.74, 6) is -1.08. The molecule has 6 nitrogen and oxygen atoms in total. The number of hydrogen-bond acceptors (Lipinski definition) is 4. The first-order chi connectivity index (χ1) is 14.6. The summed E-state index contributed by atoms with van der Waals surface area (Å²) in [4.78, 5) is 12.1. The maximum atomic E-state index is 13.0. The van der Waals surface area contributed by atoms with Crippen LogP contribution in [0.4, 0.5) is 32.0 Å². The zero-order chi connectivity index (χ0) is 24.3. The summed E-state index contributed by atoms with van der Waals surface area (Å²) >= 11 is 5.84. The number of sulfonamides is 1. The number of halogens is 7. The molecule has 2 aromatic rings. The number of carbonyl (C=O) groups excluding carboxylic acids is 1. The molecule has 0 unspecified atom stereocenters. The minimum Gasteiger partial charge on any atom is -0.271 e. The predicted molar refractivity (Wildman–Crippen MR) is 106 cm³/mol. The average molecular weight is 502 g/mol. The summed E-state index contributed by atoms with van der Waals surface area (Å²) in [6, 6.07) is 5.94. The number of amides is 1. The van der Waals surface area contributed by atoms with Gasteiger partial charge in [-0.25, -0.2) is 13.8 Å². The minimum absolute atomic E-state index is 0.0129. The van der Waals surface area contributed by atoms with Crippen LogP contribution in [0.1, 0.15) is 16.7 Å². The van der Waals surface area contributed by atoms with Crippen molar-refractivity contribution >= 4 is 39.4 Å². The molecule has 2 rings (SSSR count). The molecule has 0 aromatic heterocycles. The smallest absolute Gasteiger partial charge is 0.271 e. The lowest BCUT2D eigenvalue weighted by molar-refractivity contribution is -0.138. The molecule has 0 aliphatic heterocycles. The Morgan fingerprint density at radius 1 is 1.06 bits per heavy atom. The molecule has 14 heteroatoms. The van der Waals surface area contributed by atoms with E-state index in [1.165, 1.54) is 6.07 Å². The number of alkyl halides is 6. The van der Waals surface area contributed by atoms with Crippen LogP contribution in [0, 0.1) is 0 Å². The Morgan fingerprint density at radius 2 is 1.66 bits per heavy atom. The summed E-state index contributed by atoms with van der Waals surface area (Å²) in [6.45, 7) is -0.986. The molecule has 0 aliphatic carbocycles. The van der Waals surface area contributed by atoms with Gasteiger partial charge < -0.3 is 0 Å². The molecule has 0 radical (unpaired) electrons. The summed E-state index contributed by atoms with van der Waals surface area (Å²) in [6.07, 6.45) is -7.84. The van der Waals surface area contributed by atoms with Crippen molar-refractivity contribution in [3.8, 4) is 0 Å². The molecule has 0 saturated heterocycles. The van der Waals surface area contributed by atoms with Gasteiger partial charge in [0.05, 0.1) is 34.3 Å². The lowest BCUT2D eigenvalue weighted by atomic mass is 10.1. The number of carbonyl (C=O) groups is 1. The van der Waals surface area contributed by atoms with Crippen molar-refractivity contribution in [3.05, 3.63) is 64.2 Å². The van der Waals surface area contributed by atoms with Crippen LogP contribution in [0.15, 0.2) is 47.6 Å². The second kappa shape index (κ2) is 9.36. The summed E-state index contributed by atoms with van der Waals surface area (Å²) in [5, 5.41) is 3.09. The molecule has 1 N–H and O–H groups in total. The van der Waals surface area contributed by atoms with Crippen molar-refractivity contribution in [1.29, 1.82) is 0 Å². The molecule has 0 saturated carbocycles. The van der Waals surface area contributed by atoms with Gasteiger partial charge in [0.2, 0.25) is 10.0 Å². The molecule has 0 atom stereocenters. The van der Waals surface area contributed by atoms with Crippen LogP contribution in [0.25, 0.3) is 0 Å². The predicted octanol–water partition coefficient (Wildman–Crippen LogP) is 4.29. The number of rotatable bonds is 6. The molecule has 0 aliphatic rings. The molecule has 174 valence electrons. The van der Waals surface area contributed by atoms with Gasteiger partial charge in [0.15, 0.2) is 0 Å². The van der Waals surface area contributed by atoms with E-state index in [0.29, 0.717) is 22.7 Å². The molecule has 0 spiro atoms. The van der Waals surface area contributed by atoms with E-state index in [0.717, 1.165) is 30.5 Å². The maximum Gasteiger partial charge on any atom is 0.416 e. The summed E-state index contributed by atoms with van der Waals surface area (Å²) in [5.41, 5.74) is -0.827.